The number of carbonyl (C=O) groups is 1. The van der Waals surface area contributed by atoms with Gasteiger partial charge in [0.05, 0.1) is 0 Å². The van der Waals surface area contributed by atoms with Crippen LogP contribution in [0.4, 0.5) is 0 Å². The summed E-state index contributed by atoms with van der Waals surface area (Å²) in [6.07, 6.45) is 5.31. The van der Waals surface area contributed by atoms with E-state index in [0.717, 1.165) is 43.5 Å². The zero-order chi connectivity index (χ0) is 12.7. The van der Waals surface area contributed by atoms with E-state index in [1.165, 1.54) is 0 Å². The number of pyridine rings is 1. The van der Waals surface area contributed by atoms with Gasteiger partial charge < -0.3 is 10.7 Å². The molecule has 94 valence electrons. The van der Waals surface area contributed by atoms with Gasteiger partial charge in [0.2, 0.25) is 5.91 Å². The fourth-order valence-electron chi connectivity index (χ4n) is 1.86. The quantitative estimate of drug-likeness (QED) is 0.706. The third-order valence-electron chi connectivity index (χ3n) is 2.65. The number of primary amides is 1. The summed E-state index contributed by atoms with van der Waals surface area (Å²) < 4.78 is 0. The minimum atomic E-state index is -0.229. The first-order chi connectivity index (χ1) is 8.08. The van der Waals surface area contributed by atoms with Crippen LogP contribution in [0.5, 0.6) is 0 Å². The number of carbonyl (C=O) groups excluding carboxylic acids is 1. The van der Waals surface area contributed by atoms with Gasteiger partial charge in [0.1, 0.15) is 0 Å². The van der Waals surface area contributed by atoms with Gasteiger partial charge in [-0.3, -0.25) is 9.59 Å². The number of aromatic amines is 1. The SMILES string of the molecule is Cc1cc(=O)cc(CCCCCCC(N)=O)[nH]1. The third kappa shape index (κ3) is 5.90. The van der Waals surface area contributed by atoms with Crippen LogP contribution in [0, 0.1) is 6.92 Å². The van der Waals surface area contributed by atoms with Crippen molar-refractivity contribution in [2.45, 2.75) is 45.4 Å². The van der Waals surface area contributed by atoms with Crippen LogP contribution in [0.2, 0.25) is 0 Å². The highest BCUT2D eigenvalue weighted by molar-refractivity contribution is 5.73. The molecule has 0 atom stereocenters. The van der Waals surface area contributed by atoms with Gasteiger partial charge >= 0.3 is 0 Å². The molecule has 3 N–H and O–H groups in total. The summed E-state index contributed by atoms with van der Waals surface area (Å²) >= 11 is 0. The fourth-order valence-corrected chi connectivity index (χ4v) is 1.86. The van der Waals surface area contributed by atoms with E-state index >= 15 is 0 Å². The minimum absolute atomic E-state index is 0.0602. The average molecular weight is 236 g/mol. The predicted octanol–water partition coefficient (Wildman–Crippen LogP) is 1.66. The number of hydrogen-bond acceptors (Lipinski definition) is 2. The molecule has 1 amide bonds. The molecule has 0 bridgehead atoms. The first-order valence-electron chi connectivity index (χ1n) is 6.06. The van der Waals surface area contributed by atoms with Crippen LogP contribution >= 0.6 is 0 Å². The number of nitrogens with two attached hydrogens (primary N) is 1. The Morgan fingerprint density at radius 1 is 1.24 bits per heavy atom. The average Bonchev–Trinajstić information content (AvgIpc) is 2.21. The van der Waals surface area contributed by atoms with Crippen molar-refractivity contribution in [3.05, 3.63) is 33.7 Å². The molecule has 0 aliphatic rings. The summed E-state index contributed by atoms with van der Waals surface area (Å²) in [5.41, 5.74) is 7.01. The highest BCUT2D eigenvalue weighted by atomic mass is 16.1. The monoisotopic (exact) mass is 236 g/mol. The largest absolute Gasteiger partial charge is 0.370 e. The molecule has 1 heterocycles. The maximum atomic E-state index is 11.2. The van der Waals surface area contributed by atoms with Crippen molar-refractivity contribution in [1.29, 1.82) is 0 Å². The van der Waals surface area contributed by atoms with Crippen LogP contribution in [-0.4, -0.2) is 10.9 Å². The number of amides is 1. The van der Waals surface area contributed by atoms with Crippen LogP contribution in [0.25, 0.3) is 0 Å². The Hall–Kier alpha value is -1.58. The lowest BCUT2D eigenvalue weighted by atomic mass is 10.1. The van der Waals surface area contributed by atoms with Gasteiger partial charge in [-0.2, -0.15) is 0 Å². The zero-order valence-electron chi connectivity index (χ0n) is 10.3. The standard InChI is InChI=1S/C13H20N2O2/c1-10-8-12(16)9-11(15-10)6-4-2-3-5-7-13(14)17/h8-9H,2-7H2,1H3,(H2,14,17)(H,15,16). The Balaban J connectivity index is 2.22. The summed E-state index contributed by atoms with van der Waals surface area (Å²) in [5, 5.41) is 0. The number of aryl methyl sites for hydroxylation is 2. The molecule has 0 aromatic carbocycles. The van der Waals surface area contributed by atoms with Crippen LogP contribution in [0.3, 0.4) is 0 Å². The highest BCUT2D eigenvalue weighted by Gasteiger charge is 1.98. The molecule has 0 spiro atoms. The molecule has 0 aliphatic carbocycles. The van der Waals surface area contributed by atoms with E-state index in [0.29, 0.717) is 6.42 Å². The Morgan fingerprint density at radius 2 is 1.94 bits per heavy atom. The molecule has 4 heteroatoms. The van der Waals surface area contributed by atoms with Gasteiger partial charge in [0, 0.05) is 29.9 Å². The Morgan fingerprint density at radius 3 is 2.59 bits per heavy atom. The van der Waals surface area contributed by atoms with Gasteiger partial charge in [-0.05, 0) is 26.2 Å². The molecule has 1 aromatic rings. The Bertz CT molecular complexity index is 424. The molecule has 1 rings (SSSR count). The smallest absolute Gasteiger partial charge is 0.217 e. The van der Waals surface area contributed by atoms with Gasteiger partial charge in [0.25, 0.3) is 0 Å². The van der Waals surface area contributed by atoms with Crippen LogP contribution in [0.1, 0.15) is 43.5 Å². The van der Waals surface area contributed by atoms with Gasteiger partial charge in [-0.25, -0.2) is 0 Å². The number of hydrogen-bond donors (Lipinski definition) is 2. The van der Waals surface area contributed by atoms with Crippen LogP contribution in [-0.2, 0) is 11.2 Å². The van der Waals surface area contributed by atoms with Crippen molar-refractivity contribution in [2.24, 2.45) is 5.73 Å². The first kappa shape index (κ1) is 13.5. The molecule has 0 aliphatic heterocycles. The highest BCUT2D eigenvalue weighted by Crippen LogP contribution is 2.06. The van der Waals surface area contributed by atoms with Crippen molar-refractivity contribution >= 4 is 5.91 Å². The van der Waals surface area contributed by atoms with Crippen molar-refractivity contribution in [1.82, 2.24) is 4.98 Å². The first-order valence-corrected chi connectivity index (χ1v) is 6.06. The van der Waals surface area contributed by atoms with E-state index < -0.39 is 0 Å². The molecular weight excluding hydrogens is 216 g/mol. The predicted molar refractivity (Wildman–Crippen MR) is 67.8 cm³/mol. The summed E-state index contributed by atoms with van der Waals surface area (Å²) in [6.45, 7) is 1.89. The van der Waals surface area contributed by atoms with Crippen molar-refractivity contribution in [3.63, 3.8) is 0 Å². The zero-order valence-corrected chi connectivity index (χ0v) is 10.3. The van der Waals surface area contributed by atoms with E-state index in [1.54, 1.807) is 12.1 Å². The number of rotatable bonds is 7. The summed E-state index contributed by atoms with van der Waals surface area (Å²) in [7, 11) is 0. The fraction of sp³-hybridized carbons (Fsp3) is 0.538. The van der Waals surface area contributed by atoms with Gasteiger partial charge in [-0.15, -0.1) is 0 Å². The molecule has 0 unspecified atom stereocenters. The van der Waals surface area contributed by atoms with Crippen LogP contribution in [0.15, 0.2) is 16.9 Å². The van der Waals surface area contributed by atoms with Gasteiger partial charge in [-0.1, -0.05) is 12.8 Å². The second-order valence-corrected chi connectivity index (χ2v) is 4.40. The van der Waals surface area contributed by atoms with Crippen molar-refractivity contribution in [3.8, 4) is 0 Å². The lowest BCUT2D eigenvalue weighted by Crippen LogP contribution is -2.09. The van der Waals surface area contributed by atoms with E-state index in [4.69, 9.17) is 5.73 Å². The van der Waals surface area contributed by atoms with Crippen molar-refractivity contribution in [2.75, 3.05) is 0 Å². The van der Waals surface area contributed by atoms with Gasteiger partial charge in [0.15, 0.2) is 5.43 Å². The molecule has 4 nitrogen and oxygen atoms in total. The minimum Gasteiger partial charge on any atom is -0.370 e. The molecule has 0 saturated heterocycles. The summed E-state index contributed by atoms with van der Waals surface area (Å²) in [6, 6.07) is 3.24. The molecule has 1 aromatic heterocycles. The maximum absolute atomic E-state index is 11.2. The normalized spacial score (nSPS) is 10.4. The topological polar surface area (TPSA) is 76.0 Å². The second kappa shape index (κ2) is 6.89. The van der Waals surface area contributed by atoms with E-state index in [-0.39, 0.29) is 11.3 Å². The summed E-state index contributed by atoms with van der Waals surface area (Å²) in [4.78, 5) is 24.9. The molecule has 0 saturated carbocycles. The summed E-state index contributed by atoms with van der Waals surface area (Å²) in [5.74, 6) is -0.229. The second-order valence-electron chi connectivity index (χ2n) is 4.40. The number of H-pyrrole nitrogens is 1. The Labute approximate surface area is 101 Å². The molecule has 0 fully saturated rings. The van der Waals surface area contributed by atoms with E-state index in [9.17, 15) is 9.59 Å². The molecular formula is C13H20N2O2. The molecule has 17 heavy (non-hydrogen) atoms. The maximum Gasteiger partial charge on any atom is 0.217 e. The van der Waals surface area contributed by atoms with E-state index in [1.807, 2.05) is 6.92 Å². The van der Waals surface area contributed by atoms with E-state index in [2.05, 4.69) is 4.98 Å². The third-order valence-corrected chi connectivity index (χ3v) is 2.65. The lowest BCUT2D eigenvalue weighted by molar-refractivity contribution is -0.118. The number of unbranched alkanes of at least 4 members (excludes halogenated alkanes) is 3. The molecule has 0 radical (unpaired) electrons. The van der Waals surface area contributed by atoms with Crippen molar-refractivity contribution < 1.29 is 4.79 Å². The number of aromatic nitrogens is 1. The Kier molecular flexibility index (Phi) is 5.46. The number of nitrogens with one attached hydrogen (secondary N) is 1. The van der Waals surface area contributed by atoms with Crippen LogP contribution < -0.4 is 11.2 Å². The lowest BCUT2D eigenvalue weighted by Gasteiger charge is -2.03.